The Balaban J connectivity index is 1.71. The van der Waals surface area contributed by atoms with Crippen LogP contribution >= 0.6 is 15.9 Å². The van der Waals surface area contributed by atoms with Crippen LogP contribution in [-0.4, -0.2) is 23.2 Å². The average molecular weight is 309 g/mol. The summed E-state index contributed by atoms with van der Waals surface area (Å²) >= 11 is 3.41. The molecular formula is C13H13BrN2O2. The minimum atomic E-state index is 0.628. The van der Waals surface area contributed by atoms with Crippen LogP contribution in [0.3, 0.4) is 0 Å². The normalized spacial score (nSPS) is 13.6. The van der Waals surface area contributed by atoms with Crippen LogP contribution in [0.15, 0.2) is 29.1 Å². The molecule has 0 radical (unpaired) electrons. The van der Waals surface area contributed by atoms with Gasteiger partial charge in [-0.3, -0.25) is 0 Å². The van der Waals surface area contributed by atoms with Crippen LogP contribution < -0.4 is 9.47 Å². The topological polar surface area (TPSA) is 47.1 Å². The molecule has 2 heterocycles. The third-order valence-electron chi connectivity index (χ3n) is 2.94. The number of aryl methyl sites for hydroxylation is 2. The first kappa shape index (κ1) is 11.6. The third kappa shape index (κ3) is 2.36. The number of rotatable bonds is 3. The summed E-state index contributed by atoms with van der Waals surface area (Å²) in [7, 11) is 0. The molecule has 18 heavy (non-hydrogen) atoms. The number of hydrogen-bond donors (Lipinski definition) is 1. The lowest BCUT2D eigenvalue weighted by Crippen LogP contribution is -2.15. The summed E-state index contributed by atoms with van der Waals surface area (Å²) in [5.41, 5.74) is 2.35. The molecule has 0 saturated heterocycles. The van der Waals surface area contributed by atoms with E-state index >= 15 is 0 Å². The molecule has 1 aliphatic rings. The van der Waals surface area contributed by atoms with Crippen LogP contribution in [-0.2, 0) is 12.8 Å². The van der Waals surface area contributed by atoms with Gasteiger partial charge in [0.25, 0.3) is 0 Å². The van der Waals surface area contributed by atoms with Gasteiger partial charge in [0.2, 0.25) is 0 Å². The van der Waals surface area contributed by atoms with E-state index in [2.05, 4.69) is 38.0 Å². The minimum Gasteiger partial charge on any atom is -0.486 e. The summed E-state index contributed by atoms with van der Waals surface area (Å²) in [5.74, 6) is 1.69. The molecule has 4 nitrogen and oxygen atoms in total. The van der Waals surface area contributed by atoms with Gasteiger partial charge in [-0.05, 0) is 46.5 Å². The van der Waals surface area contributed by atoms with E-state index in [9.17, 15) is 0 Å². The lowest BCUT2D eigenvalue weighted by molar-refractivity contribution is 0.171. The summed E-state index contributed by atoms with van der Waals surface area (Å²) in [6.07, 6.45) is 3.56. The van der Waals surface area contributed by atoms with Crippen molar-refractivity contribution in [2.75, 3.05) is 13.2 Å². The lowest BCUT2D eigenvalue weighted by atomic mass is 10.1. The fraction of sp³-hybridized carbons (Fsp3) is 0.308. The van der Waals surface area contributed by atoms with Crippen molar-refractivity contribution in [2.24, 2.45) is 0 Å². The van der Waals surface area contributed by atoms with E-state index in [1.807, 2.05) is 6.07 Å². The second-order valence-corrected chi connectivity index (χ2v) is 4.90. The number of nitrogens with zero attached hydrogens (tertiary/aromatic N) is 1. The van der Waals surface area contributed by atoms with Crippen molar-refractivity contribution in [3.8, 4) is 11.5 Å². The first-order valence-corrected chi connectivity index (χ1v) is 6.68. The quantitative estimate of drug-likeness (QED) is 0.948. The van der Waals surface area contributed by atoms with Gasteiger partial charge in [0.1, 0.15) is 17.8 Å². The predicted molar refractivity (Wildman–Crippen MR) is 71.1 cm³/mol. The summed E-state index contributed by atoms with van der Waals surface area (Å²) in [4.78, 5) is 7.24. The number of aromatic nitrogens is 2. The van der Waals surface area contributed by atoms with Crippen molar-refractivity contribution in [1.29, 1.82) is 0 Å². The Morgan fingerprint density at radius 3 is 2.78 bits per heavy atom. The number of halogens is 1. The van der Waals surface area contributed by atoms with E-state index < -0.39 is 0 Å². The molecule has 0 atom stereocenters. The van der Waals surface area contributed by atoms with Crippen LogP contribution in [0.4, 0.5) is 0 Å². The molecular weight excluding hydrogens is 296 g/mol. The van der Waals surface area contributed by atoms with Crippen molar-refractivity contribution >= 4 is 15.9 Å². The van der Waals surface area contributed by atoms with Crippen molar-refractivity contribution < 1.29 is 9.47 Å². The number of aromatic amines is 1. The summed E-state index contributed by atoms with van der Waals surface area (Å²) in [6.45, 7) is 1.26. The molecule has 0 spiro atoms. The number of ether oxygens (including phenoxy) is 2. The van der Waals surface area contributed by atoms with Crippen LogP contribution in [0.25, 0.3) is 0 Å². The lowest BCUT2D eigenvalue weighted by Gasteiger charge is -2.18. The Bertz CT molecular complexity index is 554. The second-order valence-electron chi connectivity index (χ2n) is 4.15. The van der Waals surface area contributed by atoms with Gasteiger partial charge in [0.05, 0.1) is 6.33 Å². The number of H-pyrrole nitrogens is 1. The number of imidazole rings is 1. The van der Waals surface area contributed by atoms with Crippen molar-refractivity contribution in [2.45, 2.75) is 12.8 Å². The predicted octanol–water partition coefficient (Wildman–Crippen LogP) is 2.73. The fourth-order valence-corrected chi connectivity index (χ4v) is 2.41. The minimum absolute atomic E-state index is 0.628. The molecule has 1 aromatic carbocycles. The van der Waals surface area contributed by atoms with Crippen LogP contribution in [0, 0.1) is 0 Å². The zero-order valence-corrected chi connectivity index (χ0v) is 11.4. The Morgan fingerprint density at radius 1 is 1.17 bits per heavy atom. The van der Waals surface area contributed by atoms with Gasteiger partial charge in [0, 0.05) is 5.69 Å². The molecule has 2 aromatic rings. The zero-order valence-electron chi connectivity index (χ0n) is 9.78. The van der Waals surface area contributed by atoms with Gasteiger partial charge >= 0.3 is 0 Å². The summed E-state index contributed by atoms with van der Waals surface area (Å²) in [5, 5.41) is 0. The second kappa shape index (κ2) is 5.02. The van der Waals surface area contributed by atoms with Crippen LogP contribution in [0.1, 0.15) is 11.3 Å². The first-order valence-electron chi connectivity index (χ1n) is 5.89. The van der Waals surface area contributed by atoms with Crippen LogP contribution in [0.5, 0.6) is 11.5 Å². The molecule has 94 valence electrons. The number of benzene rings is 1. The highest BCUT2D eigenvalue weighted by Gasteiger charge is 2.12. The maximum Gasteiger partial charge on any atom is 0.161 e. The molecule has 0 amide bonds. The van der Waals surface area contributed by atoms with Crippen molar-refractivity contribution in [1.82, 2.24) is 9.97 Å². The monoisotopic (exact) mass is 308 g/mol. The zero-order chi connectivity index (χ0) is 12.4. The van der Waals surface area contributed by atoms with E-state index in [0.29, 0.717) is 13.2 Å². The van der Waals surface area contributed by atoms with Gasteiger partial charge < -0.3 is 14.5 Å². The highest BCUT2D eigenvalue weighted by Crippen LogP contribution is 2.31. The standard InChI is InChI=1S/C13H13BrN2O2/c14-13-10(15-8-16-13)3-1-9-2-4-11-12(7-9)18-6-5-17-11/h2,4,7-8H,1,3,5-6H2,(H,15,16). The maximum absolute atomic E-state index is 5.57. The Morgan fingerprint density at radius 2 is 2.00 bits per heavy atom. The number of hydrogen-bond acceptors (Lipinski definition) is 3. The van der Waals surface area contributed by atoms with E-state index in [1.165, 1.54) is 5.56 Å². The largest absolute Gasteiger partial charge is 0.486 e. The molecule has 1 aliphatic heterocycles. The van der Waals surface area contributed by atoms with Gasteiger partial charge in [0.15, 0.2) is 11.5 Å². The maximum atomic E-state index is 5.57. The van der Waals surface area contributed by atoms with Gasteiger partial charge in [-0.15, -0.1) is 0 Å². The van der Waals surface area contributed by atoms with E-state index in [4.69, 9.17) is 9.47 Å². The third-order valence-corrected chi connectivity index (χ3v) is 3.62. The van der Waals surface area contributed by atoms with Crippen molar-refractivity contribution in [3.05, 3.63) is 40.4 Å². The highest BCUT2D eigenvalue weighted by molar-refractivity contribution is 9.10. The van der Waals surface area contributed by atoms with Crippen LogP contribution in [0.2, 0.25) is 0 Å². The van der Waals surface area contributed by atoms with Crippen molar-refractivity contribution in [3.63, 3.8) is 0 Å². The summed E-state index contributed by atoms with van der Waals surface area (Å²) in [6, 6.07) is 6.11. The van der Waals surface area contributed by atoms with E-state index in [1.54, 1.807) is 6.33 Å². The fourth-order valence-electron chi connectivity index (χ4n) is 1.99. The SMILES string of the molecule is Brc1nc[nH]c1CCc1ccc2c(c1)OCCO2. The average Bonchev–Trinajstić information content (AvgIpc) is 2.82. The number of nitrogens with one attached hydrogen (secondary N) is 1. The molecule has 0 unspecified atom stereocenters. The first-order chi connectivity index (χ1) is 8.83. The molecule has 0 bridgehead atoms. The van der Waals surface area contributed by atoms with E-state index in [0.717, 1.165) is 34.6 Å². The molecule has 1 aromatic heterocycles. The molecule has 0 fully saturated rings. The van der Waals surface area contributed by atoms with E-state index in [-0.39, 0.29) is 0 Å². The molecule has 0 saturated carbocycles. The molecule has 1 N–H and O–H groups in total. The molecule has 5 heteroatoms. The Hall–Kier alpha value is -1.49. The van der Waals surface area contributed by atoms with Gasteiger partial charge in [-0.25, -0.2) is 4.98 Å². The highest BCUT2D eigenvalue weighted by atomic mass is 79.9. The molecule has 0 aliphatic carbocycles. The Labute approximate surface area is 113 Å². The Kier molecular flexibility index (Phi) is 3.23. The smallest absolute Gasteiger partial charge is 0.161 e. The van der Waals surface area contributed by atoms with Gasteiger partial charge in [-0.1, -0.05) is 6.07 Å². The summed E-state index contributed by atoms with van der Waals surface area (Å²) < 4.78 is 12.0. The number of fused-ring (bicyclic) bond motifs is 1. The van der Waals surface area contributed by atoms with Gasteiger partial charge in [-0.2, -0.15) is 0 Å². The molecule has 3 rings (SSSR count).